The lowest BCUT2D eigenvalue weighted by molar-refractivity contribution is 0.0939. The van der Waals surface area contributed by atoms with Crippen LogP contribution >= 0.6 is 0 Å². The number of nitrogens with one attached hydrogen (secondary N) is 1. The lowest BCUT2D eigenvalue weighted by Crippen LogP contribution is -2.27. The summed E-state index contributed by atoms with van der Waals surface area (Å²) in [7, 11) is 3.32. The number of hydrogen-bond donors (Lipinski definition) is 1. The van der Waals surface area contributed by atoms with E-state index in [2.05, 4.69) is 31.8 Å². The van der Waals surface area contributed by atoms with E-state index in [1.165, 1.54) is 0 Å². The predicted octanol–water partition coefficient (Wildman–Crippen LogP) is 5.36. The Morgan fingerprint density at radius 2 is 1.75 bits per heavy atom. The summed E-state index contributed by atoms with van der Waals surface area (Å²) >= 11 is 0. The lowest BCUT2D eigenvalue weighted by atomic mass is 9.93. The Bertz CT molecular complexity index is 855. The monoisotopic (exact) mass is 381 g/mol. The molecular weight excluding hydrogens is 350 g/mol. The molecular formula is C24H31NO3. The van der Waals surface area contributed by atoms with E-state index in [4.69, 9.17) is 9.47 Å². The third-order valence-electron chi connectivity index (χ3n) is 4.96. The molecule has 1 amide bonds. The van der Waals surface area contributed by atoms with Gasteiger partial charge in [-0.05, 0) is 78.8 Å². The minimum Gasteiger partial charge on any atom is -0.496 e. The highest BCUT2D eigenvalue weighted by molar-refractivity contribution is 5.94. The summed E-state index contributed by atoms with van der Waals surface area (Å²) < 4.78 is 10.9. The Hall–Kier alpha value is -2.75. The average molecular weight is 382 g/mol. The zero-order valence-electron chi connectivity index (χ0n) is 17.8. The van der Waals surface area contributed by atoms with Gasteiger partial charge in [-0.3, -0.25) is 4.79 Å². The number of carbonyl (C=O) groups is 1. The highest BCUT2D eigenvalue weighted by atomic mass is 16.5. The summed E-state index contributed by atoms with van der Waals surface area (Å²) in [6.45, 7) is 12.1. The average Bonchev–Trinajstić information content (AvgIpc) is 2.67. The van der Waals surface area contributed by atoms with Crippen LogP contribution < -0.4 is 14.8 Å². The maximum absolute atomic E-state index is 12.8. The normalized spacial score (nSPS) is 11.8. The fourth-order valence-corrected chi connectivity index (χ4v) is 3.40. The van der Waals surface area contributed by atoms with Crippen LogP contribution in [0.15, 0.2) is 43.0 Å². The van der Waals surface area contributed by atoms with E-state index in [9.17, 15) is 4.79 Å². The number of allylic oxidation sites excluding steroid dienone is 1. The summed E-state index contributed by atoms with van der Waals surface area (Å²) in [5.41, 5.74) is 4.89. The zero-order chi connectivity index (χ0) is 20.8. The fraction of sp³-hybridized carbons (Fsp3) is 0.375. The fourth-order valence-electron chi connectivity index (χ4n) is 3.40. The van der Waals surface area contributed by atoms with Crippen LogP contribution in [-0.2, 0) is 6.42 Å². The van der Waals surface area contributed by atoms with Gasteiger partial charge in [0.1, 0.15) is 11.5 Å². The van der Waals surface area contributed by atoms with Crippen molar-refractivity contribution in [1.29, 1.82) is 0 Å². The van der Waals surface area contributed by atoms with Crippen LogP contribution in [0.4, 0.5) is 0 Å². The molecule has 0 bridgehead atoms. The zero-order valence-corrected chi connectivity index (χ0v) is 17.8. The van der Waals surface area contributed by atoms with Crippen LogP contribution in [0.2, 0.25) is 0 Å². The molecule has 0 heterocycles. The van der Waals surface area contributed by atoms with E-state index in [-0.39, 0.29) is 11.9 Å². The van der Waals surface area contributed by atoms with Crippen LogP contribution in [0, 0.1) is 6.92 Å². The second kappa shape index (κ2) is 9.45. The van der Waals surface area contributed by atoms with Gasteiger partial charge < -0.3 is 14.8 Å². The third-order valence-corrected chi connectivity index (χ3v) is 4.96. The molecule has 0 saturated heterocycles. The van der Waals surface area contributed by atoms with Crippen LogP contribution in [0.5, 0.6) is 11.5 Å². The van der Waals surface area contributed by atoms with E-state index in [1.807, 2.05) is 32.0 Å². The molecule has 0 aliphatic heterocycles. The van der Waals surface area contributed by atoms with Gasteiger partial charge in [0.15, 0.2) is 0 Å². The molecule has 0 aromatic heterocycles. The molecule has 150 valence electrons. The first-order valence-corrected chi connectivity index (χ1v) is 9.59. The third kappa shape index (κ3) is 4.75. The molecule has 2 rings (SSSR count). The minimum atomic E-state index is -0.124. The highest BCUT2D eigenvalue weighted by Crippen LogP contribution is 2.32. The smallest absolute Gasteiger partial charge is 0.251 e. The number of ether oxygens (including phenoxy) is 2. The van der Waals surface area contributed by atoms with Crippen molar-refractivity contribution in [3.05, 3.63) is 70.8 Å². The van der Waals surface area contributed by atoms with Gasteiger partial charge in [0.25, 0.3) is 5.91 Å². The van der Waals surface area contributed by atoms with Crippen molar-refractivity contribution in [1.82, 2.24) is 5.32 Å². The van der Waals surface area contributed by atoms with E-state index in [1.54, 1.807) is 26.4 Å². The topological polar surface area (TPSA) is 47.6 Å². The molecule has 28 heavy (non-hydrogen) atoms. The van der Waals surface area contributed by atoms with Crippen molar-refractivity contribution in [2.24, 2.45) is 0 Å². The molecule has 1 atom stereocenters. The summed E-state index contributed by atoms with van der Waals surface area (Å²) in [6, 6.07) is 9.54. The van der Waals surface area contributed by atoms with E-state index in [0.29, 0.717) is 17.9 Å². The van der Waals surface area contributed by atoms with Gasteiger partial charge >= 0.3 is 0 Å². The van der Waals surface area contributed by atoms with Gasteiger partial charge in [0.05, 0.1) is 20.3 Å². The number of carbonyl (C=O) groups excluding carboxylic acids is 1. The molecule has 4 nitrogen and oxygen atoms in total. The van der Waals surface area contributed by atoms with Crippen molar-refractivity contribution >= 4 is 5.91 Å². The molecule has 0 unspecified atom stereocenters. The molecule has 1 N–H and O–H groups in total. The van der Waals surface area contributed by atoms with Crippen molar-refractivity contribution in [2.45, 2.75) is 46.1 Å². The SMILES string of the molecule is C=CCc1cc(C(=O)N[C@H](C)c2cc(C(C)C)c(OC)cc2C)ccc1OC. The molecule has 0 aliphatic carbocycles. The van der Waals surface area contributed by atoms with Gasteiger partial charge in [-0.15, -0.1) is 6.58 Å². The Morgan fingerprint density at radius 1 is 1.07 bits per heavy atom. The van der Waals surface area contributed by atoms with Gasteiger partial charge in [-0.1, -0.05) is 19.9 Å². The van der Waals surface area contributed by atoms with Gasteiger partial charge in [-0.25, -0.2) is 0 Å². The molecule has 0 radical (unpaired) electrons. The second-order valence-electron chi connectivity index (χ2n) is 7.32. The molecule has 2 aromatic carbocycles. The number of aryl methyl sites for hydroxylation is 1. The first-order valence-electron chi connectivity index (χ1n) is 9.59. The second-order valence-corrected chi connectivity index (χ2v) is 7.32. The molecule has 0 saturated carbocycles. The van der Waals surface area contributed by atoms with Gasteiger partial charge in [-0.2, -0.15) is 0 Å². The Balaban J connectivity index is 2.28. The minimum absolute atomic E-state index is 0.109. The summed E-state index contributed by atoms with van der Waals surface area (Å²) in [6.07, 6.45) is 2.45. The number of methoxy groups -OCH3 is 2. The van der Waals surface area contributed by atoms with E-state index in [0.717, 1.165) is 33.8 Å². The molecule has 2 aromatic rings. The van der Waals surface area contributed by atoms with Crippen LogP contribution in [0.25, 0.3) is 0 Å². The quantitative estimate of drug-likeness (QED) is 0.627. The van der Waals surface area contributed by atoms with Crippen molar-refractivity contribution < 1.29 is 14.3 Å². The van der Waals surface area contributed by atoms with E-state index < -0.39 is 0 Å². The summed E-state index contributed by atoms with van der Waals surface area (Å²) in [5.74, 6) is 1.87. The highest BCUT2D eigenvalue weighted by Gasteiger charge is 2.18. The van der Waals surface area contributed by atoms with E-state index >= 15 is 0 Å². The number of benzene rings is 2. The maximum Gasteiger partial charge on any atom is 0.251 e. The van der Waals surface area contributed by atoms with Crippen molar-refractivity contribution in [2.75, 3.05) is 14.2 Å². The van der Waals surface area contributed by atoms with Crippen molar-refractivity contribution in [3.63, 3.8) is 0 Å². The first kappa shape index (κ1) is 21.5. The number of amides is 1. The molecule has 4 heteroatoms. The summed E-state index contributed by atoms with van der Waals surface area (Å²) in [5, 5.41) is 3.12. The number of hydrogen-bond acceptors (Lipinski definition) is 3. The summed E-state index contributed by atoms with van der Waals surface area (Å²) in [4.78, 5) is 12.8. The number of rotatable bonds is 8. The van der Waals surface area contributed by atoms with Gasteiger partial charge in [0.2, 0.25) is 0 Å². The van der Waals surface area contributed by atoms with Crippen LogP contribution in [-0.4, -0.2) is 20.1 Å². The van der Waals surface area contributed by atoms with Crippen molar-refractivity contribution in [3.8, 4) is 11.5 Å². The standard InChI is InChI=1S/C24H31NO3/c1-8-9-18-13-19(10-11-22(18)27-6)24(26)25-17(5)21-14-20(15(2)3)23(28-7)12-16(21)4/h8,10-15,17H,1,9H2,2-7H3,(H,25,26)/t17-/m1/s1. The van der Waals surface area contributed by atoms with Gasteiger partial charge in [0, 0.05) is 5.56 Å². The lowest BCUT2D eigenvalue weighted by Gasteiger charge is -2.21. The largest absolute Gasteiger partial charge is 0.496 e. The first-order chi connectivity index (χ1) is 13.3. The Kier molecular flexibility index (Phi) is 7.27. The molecule has 0 aliphatic rings. The predicted molar refractivity (Wildman–Crippen MR) is 115 cm³/mol. The Labute approximate surface area is 168 Å². The van der Waals surface area contributed by atoms with Crippen LogP contribution in [0.1, 0.15) is 65.3 Å². The molecule has 0 spiro atoms. The Morgan fingerprint density at radius 3 is 2.32 bits per heavy atom. The maximum atomic E-state index is 12.8. The molecule has 0 fully saturated rings. The van der Waals surface area contributed by atoms with Crippen LogP contribution in [0.3, 0.4) is 0 Å².